The van der Waals surface area contributed by atoms with Crippen molar-refractivity contribution in [3.8, 4) is 17.6 Å². The lowest BCUT2D eigenvalue weighted by molar-refractivity contribution is -0.140. The lowest BCUT2D eigenvalue weighted by Crippen LogP contribution is -2.54. The summed E-state index contributed by atoms with van der Waals surface area (Å²) < 4.78 is 82.5. The maximum absolute atomic E-state index is 15.3. The number of anilines is 2. The zero-order valence-corrected chi connectivity index (χ0v) is 29.9. The molecule has 3 aromatic carbocycles. The van der Waals surface area contributed by atoms with Crippen molar-refractivity contribution in [3.63, 3.8) is 0 Å². The molecule has 0 aliphatic carbocycles. The van der Waals surface area contributed by atoms with Gasteiger partial charge in [0.05, 0.1) is 35.0 Å². The number of benzene rings is 3. The summed E-state index contributed by atoms with van der Waals surface area (Å²) in [4.78, 5) is 78.5. The molecule has 0 spiro atoms. The first kappa shape index (κ1) is 39.2. The molecule has 0 bridgehead atoms. The average molecular weight is 799 g/mol. The van der Waals surface area contributed by atoms with Crippen LogP contribution < -0.4 is 29.9 Å². The first-order valence-electron chi connectivity index (χ1n) is 16.5. The predicted octanol–water partition coefficient (Wildman–Crippen LogP) is 3.75. The van der Waals surface area contributed by atoms with Crippen molar-refractivity contribution >= 4 is 64.1 Å². The molecule has 2 N–H and O–H groups in total. The minimum absolute atomic E-state index is 0.0240. The molecule has 2 saturated heterocycles. The number of amides is 6. The maximum atomic E-state index is 15.3. The predicted molar refractivity (Wildman–Crippen MR) is 186 cm³/mol. The van der Waals surface area contributed by atoms with Gasteiger partial charge in [-0.2, -0.15) is 18.4 Å². The molecule has 3 heterocycles. The smallest absolute Gasteiger partial charge is 0.420 e. The third-order valence-corrected chi connectivity index (χ3v) is 9.44. The number of fused-ring (bicyclic) bond motifs is 1. The maximum Gasteiger partial charge on any atom is 0.420 e. The SMILES string of the molecule is CC1(C)C(=O)N(c2ccc(C#N)c(C(F)(F)F)c2F)C(=S)N1c1ccc(OCCNC(=O)COc2cccc3c2C(=O)N(C2CCC(=O)NC2=O)C3=O)c(F)c1. The Morgan fingerprint density at radius 1 is 1.04 bits per heavy atom. The van der Waals surface area contributed by atoms with Gasteiger partial charge in [0.15, 0.2) is 29.1 Å². The second-order valence-corrected chi connectivity index (χ2v) is 13.3. The van der Waals surface area contributed by atoms with E-state index < -0.39 is 93.4 Å². The Morgan fingerprint density at radius 2 is 1.77 bits per heavy atom. The minimum atomic E-state index is -5.27. The zero-order valence-electron chi connectivity index (χ0n) is 29.1. The second-order valence-electron chi connectivity index (χ2n) is 13.0. The van der Waals surface area contributed by atoms with E-state index in [-0.39, 0.29) is 54.3 Å². The van der Waals surface area contributed by atoms with E-state index in [0.717, 1.165) is 21.9 Å². The summed E-state index contributed by atoms with van der Waals surface area (Å²) in [6.07, 6.45) is -5.37. The number of rotatable bonds is 10. The molecule has 14 nitrogen and oxygen atoms in total. The average Bonchev–Trinajstić information content (AvgIpc) is 3.48. The molecule has 1 atom stereocenters. The fourth-order valence-corrected chi connectivity index (χ4v) is 6.96. The molecule has 1 unspecified atom stereocenters. The van der Waals surface area contributed by atoms with Crippen molar-refractivity contribution in [3.05, 3.63) is 82.4 Å². The van der Waals surface area contributed by atoms with Crippen LogP contribution in [-0.2, 0) is 25.4 Å². The number of hydrogen-bond acceptors (Lipinski definition) is 10. The number of halogens is 5. The standard InChI is InChI=1S/C36H27F5N6O8S/c1-35(2)33(53)46(21-8-6-17(15-42)28(29(21)38)36(39,40)41)34(56)47(35)18-7-10-23(20(37)14-18)54-13-12-43-26(49)16-55-24-5-3-4-19-27(24)32(52)45(31(19)51)22-9-11-25(48)44-30(22)50/h3-8,10,14,22H,9,11-13,16H2,1-2H3,(H,43,49)(H,44,48,50). The Hall–Kier alpha value is -6.49. The van der Waals surface area contributed by atoms with E-state index in [1.165, 1.54) is 50.2 Å². The van der Waals surface area contributed by atoms with Crippen LogP contribution in [0.5, 0.6) is 11.5 Å². The number of carbonyl (C=O) groups excluding carboxylic acids is 6. The molecule has 3 aliphatic rings. The van der Waals surface area contributed by atoms with Gasteiger partial charge in [-0.05, 0) is 68.9 Å². The van der Waals surface area contributed by atoms with Crippen LogP contribution in [0, 0.1) is 23.0 Å². The number of nitrogens with zero attached hydrogens (tertiary/aromatic N) is 4. The monoisotopic (exact) mass is 798 g/mol. The molecular weight excluding hydrogens is 771 g/mol. The van der Waals surface area contributed by atoms with Crippen LogP contribution in [0.25, 0.3) is 0 Å². The summed E-state index contributed by atoms with van der Waals surface area (Å²) in [6.45, 7) is 1.68. The summed E-state index contributed by atoms with van der Waals surface area (Å²) in [5.41, 5.74) is -5.55. The highest BCUT2D eigenvalue weighted by atomic mass is 32.1. The van der Waals surface area contributed by atoms with Gasteiger partial charge in [0, 0.05) is 18.2 Å². The molecule has 0 saturated carbocycles. The molecule has 56 heavy (non-hydrogen) atoms. The Balaban J connectivity index is 1.06. The van der Waals surface area contributed by atoms with Crippen molar-refractivity contribution in [1.29, 1.82) is 5.26 Å². The van der Waals surface area contributed by atoms with Crippen molar-refractivity contribution in [2.45, 2.75) is 44.4 Å². The number of alkyl halides is 3. The van der Waals surface area contributed by atoms with Gasteiger partial charge in [-0.1, -0.05) is 6.07 Å². The first-order chi connectivity index (χ1) is 26.4. The van der Waals surface area contributed by atoms with Gasteiger partial charge in [0.2, 0.25) is 11.8 Å². The van der Waals surface area contributed by atoms with Gasteiger partial charge in [-0.15, -0.1) is 0 Å². The second kappa shape index (κ2) is 14.6. The van der Waals surface area contributed by atoms with Crippen LogP contribution in [-0.4, -0.2) is 76.8 Å². The third kappa shape index (κ3) is 6.85. The number of imide groups is 2. The largest absolute Gasteiger partial charge is 0.489 e. The van der Waals surface area contributed by atoms with E-state index in [1.54, 1.807) is 0 Å². The number of nitriles is 1. The van der Waals surface area contributed by atoms with Crippen molar-refractivity contribution < 1.29 is 60.2 Å². The first-order valence-corrected chi connectivity index (χ1v) is 16.9. The van der Waals surface area contributed by atoms with Crippen LogP contribution in [0.2, 0.25) is 0 Å². The minimum Gasteiger partial charge on any atom is -0.489 e. The van der Waals surface area contributed by atoms with E-state index in [4.69, 9.17) is 27.0 Å². The van der Waals surface area contributed by atoms with E-state index in [2.05, 4.69) is 10.6 Å². The molecule has 6 amide bonds. The summed E-state index contributed by atoms with van der Waals surface area (Å²) in [5.74, 6) is -7.71. The molecule has 6 rings (SSSR count). The molecule has 3 aromatic rings. The van der Waals surface area contributed by atoms with Gasteiger partial charge >= 0.3 is 6.18 Å². The normalized spacial score (nSPS) is 17.9. The Kier molecular flexibility index (Phi) is 10.2. The number of nitrogens with one attached hydrogen (secondary N) is 2. The summed E-state index contributed by atoms with van der Waals surface area (Å²) in [7, 11) is 0. The third-order valence-electron chi connectivity index (χ3n) is 9.08. The van der Waals surface area contributed by atoms with Crippen LogP contribution >= 0.6 is 12.2 Å². The van der Waals surface area contributed by atoms with Crippen molar-refractivity contribution in [2.75, 3.05) is 29.6 Å². The van der Waals surface area contributed by atoms with Crippen molar-refractivity contribution in [1.82, 2.24) is 15.5 Å². The molecule has 3 aliphatic heterocycles. The summed E-state index contributed by atoms with van der Waals surface area (Å²) >= 11 is 5.38. The molecule has 290 valence electrons. The highest BCUT2D eigenvalue weighted by molar-refractivity contribution is 7.81. The number of piperidine rings is 1. The molecule has 20 heteroatoms. The fraction of sp³-hybridized carbons (Fsp3) is 0.278. The van der Waals surface area contributed by atoms with Gasteiger partial charge < -0.3 is 19.7 Å². The van der Waals surface area contributed by atoms with Crippen LogP contribution in [0.4, 0.5) is 33.3 Å². The molecule has 0 aromatic heterocycles. The van der Waals surface area contributed by atoms with Crippen LogP contribution in [0.15, 0.2) is 48.5 Å². The van der Waals surface area contributed by atoms with E-state index in [9.17, 15) is 41.9 Å². The van der Waals surface area contributed by atoms with Crippen LogP contribution in [0.3, 0.4) is 0 Å². The number of thiocarbonyl (C=S) groups is 1. The van der Waals surface area contributed by atoms with Gasteiger partial charge in [-0.25, -0.2) is 8.78 Å². The molecular formula is C36H27F5N6O8S. The Bertz CT molecular complexity index is 2290. The highest BCUT2D eigenvalue weighted by Crippen LogP contribution is 2.42. The van der Waals surface area contributed by atoms with Gasteiger partial charge in [0.25, 0.3) is 23.6 Å². The number of ether oxygens (including phenoxy) is 2. The zero-order chi connectivity index (χ0) is 40.9. The number of hydrogen-bond donors (Lipinski definition) is 2. The van der Waals surface area contributed by atoms with E-state index in [0.29, 0.717) is 11.0 Å². The lowest BCUT2D eigenvalue weighted by Gasteiger charge is -2.29. The van der Waals surface area contributed by atoms with Crippen LogP contribution in [0.1, 0.15) is 58.5 Å². The Labute approximate surface area is 318 Å². The van der Waals surface area contributed by atoms with E-state index in [1.807, 2.05) is 0 Å². The topological polar surface area (TPSA) is 178 Å². The quantitative estimate of drug-likeness (QED) is 0.132. The Morgan fingerprint density at radius 3 is 2.43 bits per heavy atom. The molecule has 2 fully saturated rings. The van der Waals surface area contributed by atoms with Crippen molar-refractivity contribution in [2.24, 2.45) is 0 Å². The van der Waals surface area contributed by atoms with Gasteiger partial charge in [0.1, 0.15) is 29.5 Å². The lowest BCUT2D eigenvalue weighted by atomic mass is 10.0. The van der Waals surface area contributed by atoms with E-state index >= 15 is 8.78 Å². The molecule has 0 radical (unpaired) electrons. The van der Waals surface area contributed by atoms with Gasteiger partial charge in [-0.3, -0.25) is 43.9 Å². The fourth-order valence-electron chi connectivity index (χ4n) is 6.44. The summed E-state index contributed by atoms with van der Waals surface area (Å²) in [6, 6.07) is 9.19. The number of carbonyl (C=O) groups is 6. The summed E-state index contributed by atoms with van der Waals surface area (Å²) in [5, 5.41) is 13.2. The highest BCUT2D eigenvalue weighted by Gasteiger charge is 2.52.